The molecule has 1 heterocycles. The van der Waals surface area contributed by atoms with Gasteiger partial charge in [0.1, 0.15) is 0 Å². The van der Waals surface area contributed by atoms with Crippen molar-refractivity contribution in [2.45, 2.75) is 22.8 Å². The molecular formula is C16H15ClN2O3S2. The maximum atomic E-state index is 12.5. The van der Waals surface area contributed by atoms with Crippen molar-refractivity contribution in [1.82, 2.24) is 4.72 Å². The topological polar surface area (TPSA) is 75.3 Å². The molecule has 0 saturated carbocycles. The molecule has 0 aromatic heterocycles. The van der Waals surface area contributed by atoms with Gasteiger partial charge in [0, 0.05) is 28.6 Å². The summed E-state index contributed by atoms with van der Waals surface area (Å²) >= 11 is 7.35. The van der Waals surface area contributed by atoms with Crippen LogP contribution in [0.3, 0.4) is 0 Å². The first-order valence-electron chi connectivity index (χ1n) is 7.25. The highest BCUT2D eigenvalue weighted by Crippen LogP contribution is 2.32. The number of nitrogens with one attached hydrogen (secondary N) is 2. The zero-order valence-electron chi connectivity index (χ0n) is 12.6. The highest BCUT2D eigenvalue weighted by Gasteiger charge is 2.19. The summed E-state index contributed by atoms with van der Waals surface area (Å²) in [5, 5.41) is 3.35. The Kier molecular flexibility index (Phi) is 5.15. The van der Waals surface area contributed by atoms with Crippen LogP contribution in [-0.4, -0.2) is 20.1 Å². The third-order valence-corrected chi connectivity index (χ3v) is 6.23. The number of rotatable bonds is 4. The van der Waals surface area contributed by atoms with Crippen molar-refractivity contribution in [3.05, 3.63) is 53.1 Å². The lowest BCUT2D eigenvalue weighted by Crippen LogP contribution is -2.23. The first-order valence-corrected chi connectivity index (χ1v) is 10.1. The third kappa shape index (κ3) is 4.10. The fourth-order valence-corrected chi connectivity index (χ4v) is 4.34. The van der Waals surface area contributed by atoms with Gasteiger partial charge in [0.05, 0.1) is 10.6 Å². The molecule has 24 heavy (non-hydrogen) atoms. The van der Waals surface area contributed by atoms with Crippen molar-refractivity contribution in [1.29, 1.82) is 0 Å². The lowest BCUT2D eigenvalue weighted by Gasteiger charge is -2.11. The van der Waals surface area contributed by atoms with Crippen LogP contribution in [0.15, 0.2) is 52.3 Å². The lowest BCUT2D eigenvalue weighted by atomic mass is 10.2. The molecule has 0 atom stereocenters. The Labute approximate surface area is 149 Å². The molecule has 2 aromatic rings. The normalized spacial score (nSPS) is 14.6. The number of sulfonamides is 1. The van der Waals surface area contributed by atoms with E-state index in [1.54, 1.807) is 36.4 Å². The predicted octanol–water partition coefficient (Wildman–Crippen LogP) is 3.25. The number of thioether (sulfide) groups is 1. The summed E-state index contributed by atoms with van der Waals surface area (Å²) in [7, 11) is -3.68. The van der Waals surface area contributed by atoms with E-state index in [1.807, 2.05) is 0 Å². The van der Waals surface area contributed by atoms with E-state index >= 15 is 0 Å². The molecule has 0 unspecified atom stereocenters. The number of fused-ring (bicyclic) bond motifs is 1. The zero-order valence-corrected chi connectivity index (χ0v) is 15.0. The van der Waals surface area contributed by atoms with Crippen molar-refractivity contribution in [2.75, 3.05) is 11.1 Å². The average Bonchev–Trinajstić information content (AvgIpc) is 2.74. The largest absolute Gasteiger partial charge is 0.325 e. The number of hydrogen-bond acceptors (Lipinski definition) is 4. The van der Waals surface area contributed by atoms with Gasteiger partial charge >= 0.3 is 0 Å². The van der Waals surface area contributed by atoms with Crippen molar-refractivity contribution >= 4 is 45.0 Å². The molecule has 5 nitrogen and oxygen atoms in total. The Hall–Kier alpha value is -1.54. The molecule has 8 heteroatoms. The monoisotopic (exact) mass is 382 g/mol. The lowest BCUT2D eigenvalue weighted by molar-refractivity contribution is -0.115. The van der Waals surface area contributed by atoms with E-state index in [-0.39, 0.29) is 17.3 Å². The number of carbonyl (C=O) groups is 1. The van der Waals surface area contributed by atoms with E-state index in [9.17, 15) is 13.2 Å². The summed E-state index contributed by atoms with van der Waals surface area (Å²) in [6, 6.07) is 11.7. The van der Waals surface area contributed by atoms with Crippen LogP contribution in [0.5, 0.6) is 0 Å². The van der Waals surface area contributed by atoms with Crippen LogP contribution < -0.4 is 10.0 Å². The van der Waals surface area contributed by atoms with E-state index in [4.69, 9.17) is 11.6 Å². The first kappa shape index (κ1) is 17.3. The van der Waals surface area contributed by atoms with E-state index in [0.29, 0.717) is 22.9 Å². The maximum absolute atomic E-state index is 12.5. The van der Waals surface area contributed by atoms with Crippen LogP contribution in [0.1, 0.15) is 12.0 Å². The second kappa shape index (κ2) is 7.14. The van der Waals surface area contributed by atoms with E-state index < -0.39 is 10.0 Å². The van der Waals surface area contributed by atoms with Gasteiger partial charge in [0.2, 0.25) is 15.9 Å². The molecule has 126 valence electrons. The fourth-order valence-electron chi connectivity index (χ4n) is 2.23. The van der Waals surface area contributed by atoms with Crippen LogP contribution in [0, 0.1) is 0 Å². The minimum atomic E-state index is -3.68. The van der Waals surface area contributed by atoms with Gasteiger partial charge in [-0.1, -0.05) is 23.7 Å². The quantitative estimate of drug-likeness (QED) is 0.851. The van der Waals surface area contributed by atoms with Gasteiger partial charge in [-0.05, 0) is 35.9 Å². The van der Waals surface area contributed by atoms with Gasteiger partial charge in [-0.25, -0.2) is 13.1 Å². The van der Waals surface area contributed by atoms with Gasteiger partial charge in [0.15, 0.2) is 0 Å². The van der Waals surface area contributed by atoms with Crippen molar-refractivity contribution in [3.63, 3.8) is 0 Å². The standard InChI is InChI=1S/C16H15ClN2O3S2/c17-12-3-1-11(2-4-12)10-18-24(21,22)13-5-6-15-14(9-13)19-16(20)7-8-23-15/h1-6,9,18H,7-8,10H2,(H,19,20). The third-order valence-electron chi connectivity index (χ3n) is 3.50. The van der Waals surface area contributed by atoms with Gasteiger partial charge in [-0.15, -0.1) is 11.8 Å². The Balaban J connectivity index is 1.79. The second-order valence-electron chi connectivity index (χ2n) is 5.26. The predicted molar refractivity (Wildman–Crippen MR) is 95.9 cm³/mol. The molecule has 1 aliphatic rings. The summed E-state index contributed by atoms with van der Waals surface area (Å²) in [6.45, 7) is 0.164. The summed E-state index contributed by atoms with van der Waals surface area (Å²) < 4.78 is 27.5. The molecular weight excluding hydrogens is 368 g/mol. The van der Waals surface area contributed by atoms with E-state index in [1.165, 1.54) is 17.8 Å². The Morgan fingerprint density at radius 1 is 1.17 bits per heavy atom. The van der Waals surface area contributed by atoms with Crippen LogP contribution >= 0.6 is 23.4 Å². The number of halogens is 1. The summed E-state index contributed by atoms with van der Waals surface area (Å²) in [5.41, 5.74) is 1.35. The molecule has 2 N–H and O–H groups in total. The molecule has 0 radical (unpaired) electrons. The highest BCUT2D eigenvalue weighted by atomic mass is 35.5. The number of benzene rings is 2. The van der Waals surface area contributed by atoms with Crippen LogP contribution in [-0.2, 0) is 21.4 Å². The van der Waals surface area contributed by atoms with E-state index in [0.717, 1.165) is 10.5 Å². The second-order valence-corrected chi connectivity index (χ2v) is 8.60. The summed E-state index contributed by atoms with van der Waals surface area (Å²) in [6.07, 6.45) is 0.413. The van der Waals surface area contributed by atoms with Gasteiger partial charge in [0.25, 0.3) is 0 Å². The van der Waals surface area contributed by atoms with E-state index in [2.05, 4.69) is 10.0 Å². The van der Waals surface area contributed by atoms with Crippen molar-refractivity contribution in [2.24, 2.45) is 0 Å². The summed E-state index contributed by atoms with van der Waals surface area (Å²) in [4.78, 5) is 12.6. The number of hydrogen-bond donors (Lipinski definition) is 2. The minimum Gasteiger partial charge on any atom is -0.325 e. The molecule has 1 aliphatic heterocycles. The van der Waals surface area contributed by atoms with Crippen molar-refractivity contribution < 1.29 is 13.2 Å². The molecule has 1 amide bonds. The minimum absolute atomic E-state index is 0.107. The SMILES string of the molecule is O=C1CCSc2ccc(S(=O)(=O)NCc3ccc(Cl)cc3)cc2N1. The van der Waals surface area contributed by atoms with Gasteiger partial charge < -0.3 is 5.32 Å². The van der Waals surface area contributed by atoms with Crippen LogP contribution in [0.2, 0.25) is 5.02 Å². The average molecular weight is 383 g/mol. The smallest absolute Gasteiger partial charge is 0.240 e. The fraction of sp³-hybridized carbons (Fsp3) is 0.188. The maximum Gasteiger partial charge on any atom is 0.240 e. The highest BCUT2D eigenvalue weighted by molar-refractivity contribution is 7.99. The number of carbonyl (C=O) groups excluding carboxylic acids is 1. The van der Waals surface area contributed by atoms with Crippen LogP contribution in [0.4, 0.5) is 5.69 Å². The van der Waals surface area contributed by atoms with Gasteiger partial charge in [-0.3, -0.25) is 4.79 Å². The Morgan fingerprint density at radius 2 is 1.92 bits per heavy atom. The molecule has 3 rings (SSSR count). The first-order chi connectivity index (χ1) is 11.4. The molecule has 0 spiro atoms. The van der Waals surface area contributed by atoms with Gasteiger partial charge in [-0.2, -0.15) is 0 Å². The van der Waals surface area contributed by atoms with Crippen molar-refractivity contribution in [3.8, 4) is 0 Å². The molecule has 0 fully saturated rings. The molecule has 0 bridgehead atoms. The number of amides is 1. The molecule has 2 aromatic carbocycles. The Bertz CT molecular complexity index is 867. The number of anilines is 1. The zero-order chi connectivity index (χ0) is 17.2. The molecule has 0 saturated heterocycles. The van der Waals surface area contributed by atoms with Crippen LogP contribution in [0.25, 0.3) is 0 Å². The molecule has 0 aliphatic carbocycles. The Morgan fingerprint density at radius 3 is 2.67 bits per heavy atom. The summed E-state index contributed by atoms with van der Waals surface area (Å²) in [5.74, 6) is 0.574.